The summed E-state index contributed by atoms with van der Waals surface area (Å²) in [6.07, 6.45) is 3.31. The number of hydrogen-bond donors (Lipinski definition) is 1. The predicted octanol–water partition coefficient (Wildman–Crippen LogP) is 4.06. The molecule has 7 heteroatoms. The van der Waals surface area contributed by atoms with Crippen LogP contribution in [0.2, 0.25) is 0 Å². The second kappa shape index (κ2) is 9.06. The number of pyridine rings is 1. The monoisotopic (exact) mass is 432 g/mol. The molecular formula is C25H25FN4O2. The number of aromatic nitrogens is 3. The highest BCUT2D eigenvalue weighted by molar-refractivity contribution is 5.82. The van der Waals surface area contributed by atoms with Crippen molar-refractivity contribution in [2.24, 2.45) is 0 Å². The number of imidazole rings is 1. The summed E-state index contributed by atoms with van der Waals surface area (Å²) in [5.74, 6) is 1.14. The van der Waals surface area contributed by atoms with Gasteiger partial charge in [-0.2, -0.15) is 0 Å². The number of ether oxygens (including phenoxy) is 1. The molecule has 1 N–H and O–H groups in total. The van der Waals surface area contributed by atoms with E-state index in [1.807, 2.05) is 47.0 Å². The van der Waals surface area contributed by atoms with E-state index < -0.39 is 0 Å². The van der Waals surface area contributed by atoms with Crippen LogP contribution in [0.4, 0.5) is 4.39 Å². The molecule has 0 bridgehead atoms. The molecule has 0 aliphatic carbocycles. The molecule has 0 amide bonds. The van der Waals surface area contributed by atoms with E-state index in [1.54, 1.807) is 12.3 Å². The molecule has 1 fully saturated rings. The lowest BCUT2D eigenvalue weighted by Gasteiger charge is -2.15. The van der Waals surface area contributed by atoms with Gasteiger partial charge in [0, 0.05) is 37.6 Å². The van der Waals surface area contributed by atoms with E-state index >= 15 is 0 Å². The molecule has 1 aliphatic heterocycles. The van der Waals surface area contributed by atoms with Crippen molar-refractivity contribution in [3.05, 3.63) is 72.7 Å². The van der Waals surface area contributed by atoms with Gasteiger partial charge >= 0.3 is 0 Å². The molecule has 1 aliphatic rings. The largest absolute Gasteiger partial charge is 0.494 e. The summed E-state index contributed by atoms with van der Waals surface area (Å²) in [5.41, 5.74) is 3.01. The van der Waals surface area contributed by atoms with Crippen molar-refractivity contribution in [3.63, 3.8) is 0 Å². The number of halogens is 1. The van der Waals surface area contributed by atoms with Crippen LogP contribution in [0.5, 0.6) is 5.75 Å². The Labute approximate surface area is 185 Å². The number of β-amino-alcohol motifs (C(OH)–C–C–N with tert-alkyl or cyclic N) is 1. The maximum absolute atomic E-state index is 13.8. The molecule has 164 valence electrons. The number of nitrogens with zero attached hydrogens (tertiary/aromatic N) is 4. The van der Waals surface area contributed by atoms with Crippen LogP contribution in [0.3, 0.4) is 0 Å². The van der Waals surface area contributed by atoms with Crippen molar-refractivity contribution >= 4 is 11.0 Å². The predicted molar refractivity (Wildman–Crippen MR) is 121 cm³/mol. The van der Waals surface area contributed by atoms with E-state index in [0.717, 1.165) is 55.1 Å². The van der Waals surface area contributed by atoms with Crippen LogP contribution in [0.25, 0.3) is 28.2 Å². The van der Waals surface area contributed by atoms with E-state index in [9.17, 15) is 9.50 Å². The molecule has 2 aromatic heterocycles. The van der Waals surface area contributed by atoms with Gasteiger partial charge in [0.25, 0.3) is 0 Å². The van der Waals surface area contributed by atoms with Crippen LogP contribution in [0.15, 0.2) is 66.9 Å². The van der Waals surface area contributed by atoms with Gasteiger partial charge < -0.3 is 14.7 Å². The Morgan fingerprint density at radius 3 is 2.72 bits per heavy atom. The molecule has 32 heavy (non-hydrogen) atoms. The average Bonchev–Trinajstić information content (AvgIpc) is 3.40. The summed E-state index contributed by atoms with van der Waals surface area (Å²) >= 11 is 0. The maximum atomic E-state index is 13.8. The summed E-state index contributed by atoms with van der Waals surface area (Å²) < 4.78 is 21.7. The van der Waals surface area contributed by atoms with E-state index in [4.69, 9.17) is 4.74 Å². The van der Waals surface area contributed by atoms with Crippen molar-refractivity contribution in [1.29, 1.82) is 0 Å². The number of aliphatic hydroxyl groups is 1. The first kappa shape index (κ1) is 20.6. The summed E-state index contributed by atoms with van der Waals surface area (Å²) in [6, 6.07) is 18.1. The number of rotatable bonds is 7. The third-order valence-electron chi connectivity index (χ3n) is 5.74. The first-order valence-corrected chi connectivity index (χ1v) is 10.9. The zero-order chi connectivity index (χ0) is 21.9. The summed E-state index contributed by atoms with van der Waals surface area (Å²) in [7, 11) is 0. The van der Waals surface area contributed by atoms with Gasteiger partial charge in [-0.05, 0) is 61.4 Å². The molecule has 1 atom stereocenters. The Morgan fingerprint density at radius 1 is 1.09 bits per heavy atom. The fraction of sp³-hybridized carbons (Fsp3) is 0.280. The van der Waals surface area contributed by atoms with Crippen LogP contribution in [0, 0.1) is 5.82 Å². The molecular weight excluding hydrogens is 407 g/mol. The molecule has 5 rings (SSSR count). The van der Waals surface area contributed by atoms with E-state index in [-0.39, 0.29) is 11.9 Å². The van der Waals surface area contributed by atoms with Gasteiger partial charge in [-0.25, -0.2) is 9.37 Å². The minimum atomic E-state index is -0.318. The minimum absolute atomic E-state index is 0.185. The molecule has 0 radical (unpaired) electrons. The third-order valence-corrected chi connectivity index (χ3v) is 5.74. The van der Waals surface area contributed by atoms with Crippen LogP contribution < -0.4 is 4.74 Å². The van der Waals surface area contributed by atoms with Crippen molar-refractivity contribution in [1.82, 2.24) is 19.4 Å². The molecule has 2 aromatic carbocycles. The van der Waals surface area contributed by atoms with Gasteiger partial charge in [0.2, 0.25) is 0 Å². The van der Waals surface area contributed by atoms with Crippen LogP contribution >= 0.6 is 0 Å². The zero-order valence-corrected chi connectivity index (χ0v) is 17.7. The number of aliphatic hydroxyl groups excluding tert-OH is 1. The van der Waals surface area contributed by atoms with Crippen molar-refractivity contribution in [3.8, 4) is 23.0 Å². The quantitative estimate of drug-likeness (QED) is 0.446. The Morgan fingerprint density at radius 2 is 1.97 bits per heavy atom. The Kier molecular flexibility index (Phi) is 5.83. The van der Waals surface area contributed by atoms with Gasteiger partial charge in [-0.3, -0.25) is 9.55 Å². The highest BCUT2D eigenvalue weighted by Crippen LogP contribution is 2.29. The number of likely N-dealkylation sites (tertiary alicyclic amines) is 1. The average molecular weight is 432 g/mol. The lowest BCUT2D eigenvalue weighted by atomic mass is 10.2. The van der Waals surface area contributed by atoms with E-state index in [0.29, 0.717) is 17.9 Å². The Balaban J connectivity index is 1.35. The molecule has 0 spiro atoms. The molecule has 1 saturated heterocycles. The second-order valence-electron chi connectivity index (χ2n) is 8.06. The topological polar surface area (TPSA) is 63.4 Å². The van der Waals surface area contributed by atoms with Crippen LogP contribution in [-0.2, 0) is 0 Å². The van der Waals surface area contributed by atoms with Gasteiger partial charge in [0.1, 0.15) is 17.3 Å². The van der Waals surface area contributed by atoms with E-state index in [1.165, 1.54) is 12.1 Å². The lowest BCUT2D eigenvalue weighted by Crippen LogP contribution is -2.24. The fourth-order valence-electron chi connectivity index (χ4n) is 4.17. The van der Waals surface area contributed by atoms with Crippen molar-refractivity contribution in [2.45, 2.75) is 18.9 Å². The standard InChI is InChI=1S/C25H25FN4O2/c26-18-5-10-24-23(16-18)28-25(22-4-1-2-12-27-22)30(24)19-6-8-21(9-7-19)32-15-3-13-29-14-11-20(31)17-29/h1-2,4-10,12,16,20,31H,3,11,13-15,17H2. The summed E-state index contributed by atoms with van der Waals surface area (Å²) in [6.45, 7) is 3.27. The van der Waals surface area contributed by atoms with Gasteiger partial charge in [0.15, 0.2) is 5.82 Å². The summed E-state index contributed by atoms with van der Waals surface area (Å²) in [4.78, 5) is 11.4. The molecule has 6 nitrogen and oxygen atoms in total. The normalized spacial score (nSPS) is 16.6. The highest BCUT2D eigenvalue weighted by Gasteiger charge is 2.19. The molecule has 1 unspecified atom stereocenters. The van der Waals surface area contributed by atoms with Crippen molar-refractivity contribution < 1.29 is 14.2 Å². The fourth-order valence-corrected chi connectivity index (χ4v) is 4.17. The molecule has 3 heterocycles. The third kappa shape index (κ3) is 4.35. The smallest absolute Gasteiger partial charge is 0.164 e. The highest BCUT2D eigenvalue weighted by atomic mass is 19.1. The molecule has 4 aromatic rings. The van der Waals surface area contributed by atoms with Crippen LogP contribution in [-0.4, -0.2) is 56.9 Å². The van der Waals surface area contributed by atoms with Gasteiger partial charge in [-0.15, -0.1) is 0 Å². The maximum Gasteiger partial charge on any atom is 0.164 e. The number of benzene rings is 2. The molecule has 0 saturated carbocycles. The van der Waals surface area contributed by atoms with E-state index in [2.05, 4.69) is 14.9 Å². The van der Waals surface area contributed by atoms with Crippen LogP contribution in [0.1, 0.15) is 12.8 Å². The first-order valence-electron chi connectivity index (χ1n) is 10.9. The zero-order valence-electron chi connectivity index (χ0n) is 17.7. The van der Waals surface area contributed by atoms with Gasteiger partial charge in [0.05, 0.1) is 23.7 Å². The number of fused-ring (bicyclic) bond motifs is 1. The van der Waals surface area contributed by atoms with Gasteiger partial charge in [-0.1, -0.05) is 6.07 Å². The second-order valence-corrected chi connectivity index (χ2v) is 8.06. The minimum Gasteiger partial charge on any atom is -0.494 e. The Hall–Kier alpha value is -3.29. The number of hydrogen-bond acceptors (Lipinski definition) is 5. The SMILES string of the molecule is OC1CCN(CCCOc2ccc(-n3c(-c4ccccn4)nc4cc(F)ccc43)cc2)C1. The lowest BCUT2D eigenvalue weighted by molar-refractivity contribution is 0.173. The van der Waals surface area contributed by atoms with Crippen molar-refractivity contribution in [2.75, 3.05) is 26.2 Å². The summed E-state index contributed by atoms with van der Waals surface area (Å²) in [5, 5.41) is 9.61. The Bertz CT molecular complexity index is 1190. The first-order chi connectivity index (χ1) is 15.7.